The molecular weight excluding hydrogens is 272 g/mol. The van der Waals surface area contributed by atoms with Crippen LogP contribution in [-0.4, -0.2) is 9.55 Å². The van der Waals surface area contributed by atoms with Crippen molar-refractivity contribution in [2.24, 2.45) is 0 Å². The number of hydrogen-bond acceptors (Lipinski definition) is 2. The van der Waals surface area contributed by atoms with Crippen molar-refractivity contribution >= 4 is 0 Å². The predicted molar refractivity (Wildman–Crippen MR) is 88.8 cm³/mol. The van der Waals surface area contributed by atoms with E-state index in [4.69, 9.17) is 4.74 Å². The van der Waals surface area contributed by atoms with Crippen molar-refractivity contribution in [3.63, 3.8) is 0 Å². The molecule has 112 valence electrons. The van der Waals surface area contributed by atoms with Gasteiger partial charge in [-0.25, -0.2) is 4.98 Å². The number of aryl methyl sites for hydroxylation is 2. The molecule has 3 heteroatoms. The highest BCUT2D eigenvalue weighted by Crippen LogP contribution is 2.22. The molecule has 0 radical (unpaired) electrons. The fraction of sp³-hybridized carbons (Fsp3) is 0.211. The summed E-state index contributed by atoms with van der Waals surface area (Å²) in [6.45, 7) is 5.72. The van der Waals surface area contributed by atoms with Gasteiger partial charge < -0.3 is 9.30 Å². The zero-order valence-corrected chi connectivity index (χ0v) is 13.0. The highest BCUT2D eigenvalue weighted by atomic mass is 16.5. The van der Waals surface area contributed by atoms with Gasteiger partial charge in [-0.3, -0.25) is 0 Å². The lowest BCUT2D eigenvalue weighted by molar-refractivity contribution is 0.306. The molecule has 0 aliphatic rings. The maximum absolute atomic E-state index is 5.85. The number of hydrogen-bond donors (Lipinski definition) is 0. The number of imidazole rings is 1. The molecule has 0 fully saturated rings. The van der Waals surface area contributed by atoms with E-state index in [1.54, 1.807) is 0 Å². The van der Waals surface area contributed by atoms with Gasteiger partial charge in [-0.15, -0.1) is 0 Å². The first-order valence-electron chi connectivity index (χ1n) is 7.55. The second kappa shape index (κ2) is 6.48. The maximum atomic E-state index is 5.85. The third-order valence-electron chi connectivity index (χ3n) is 3.69. The van der Waals surface area contributed by atoms with Crippen LogP contribution < -0.4 is 4.74 Å². The minimum absolute atomic E-state index is 0.591. The van der Waals surface area contributed by atoms with Gasteiger partial charge in [0.15, 0.2) is 0 Å². The third kappa shape index (κ3) is 3.19. The molecule has 0 bridgehead atoms. The molecule has 0 N–H and O–H groups in total. The van der Waals surface area contributed by atoms with Crippen molar-refractivity contribution < 1.29 is 4.74 Å². The normalized spacial score (nSPS) is 10.6. The first-order chi connectivity index (χ1) is 10.8. The van der Waals surface area contributed by atoms with Crippen LogP contribution in [0.4, 0.5) is 0 Å². The number of ether oxygens (including phenoxy) is 1. The Kier molecular flexibility index (Phi) is 4.24. The second-order valence-electron chi connectivity index (χ2n) is 5.37. The van der Waals surface area contributed by atoms with Gasteiger partial charge in [-0.2, -0.15) is 0 Å². The highest BCUT2D eigenvalue weighted by molar-refractivity contribution is 5.59. The van der Waals surface area contributed by atoms with E-state index in [0.29, 0.717) is 6.61 Å². The van der Waals surface area contributed by atoms with Crippen molar-refractivity contribution in [3.05, 3.63) is 72.2 Å². The summed E-state index contributed by atoms with van der Waals surface area (Å²) in [7, 11) is 0. The summed E-state index contributed by atoms with van der Waals surface area (Å²) in [5.41, 5.74) is 4.73. The number of rotatable bonds is 5. The van der Waals surface area contributed by atoms with E-state index in [2.05, 4.69) is 59.8 Å². The van der Waals surface area contributed by atoms with Crippen LogP contribution in [0.2, 0.25) is 0 Å². The van der Waals surface area contributed by atoms with Crippen LogP contribution in [0.3, 0.4) is 0 Å². The molecule has 0 atom stereocenters. The predicted octanol–water partition coefficient (Wildman–Crippen LogP) is 4.46. The van der Waals surface area contributed by atoms with Crippen molar-refractivity contribution in [1.29, 1.82) is 0 Å². The summed E-state index contributed by atoms with van der Waals surface area (Å²) < 4.78 is 7.98. The first kappa shape index (κ1) is 14.4. The standard InChI is InChI=1S/C19H20N2O/c1-3-21-14-20-12-19(21)17-7-9-18(10-8-17)22-13-16-6-4-5-15(2)11-16/h4-12,14H,3,13H2,1-2H3. The lowest BCUT2D eigenvalue weighted by Crippen LogP contribution is -1.96. The van der Waals surface area contributed by atoms with Gasteiger partial charge >= 0.3 is 0 Å². The van der Waals surface area contributed by atoms with E-state index in [1.165, 1.54) is 11.1 Å². The molecule has 0 spiro atoms. The number of benzene rings is 2. The van der Waals surface area contributed by atoms with Crippen molar-refractivity contribution in [2.45, 2.75) is 27.0 Å². The van der Waals surface area contributed by atoms with Crippen LogP contribution in [-0.2, 0) is 13.2 Å². The van der Waals surface area contributed by atoms with Gasteiger partial charge in [0.2, 0.25) is 0 Å². The molecule has 1 aromatic heterocycles. The molecule has 22 heavy (non-hydrogen) atoms. The lowest BCUT2D eigenvalue weighted by atomic mass is 10.1. The van der Waals surface area contributed by atoms with Gasteiger partial charge in [0.25, 0.3) is 0 Å². The molecule has 3 rings (SSSR count). The molecule has 0 saturated carbocycles. The molecular formula is C19H20N2O. The monoisotopic (exact) mass is 292 g/mol. The zero-order valence-electron chi connectivity index (χ0n) is 13.0. The fourth-order valence-corrected chi connectivity index (χ4v) is 2.50. The Labute approximate surface area is 131 Å². The van der Waals surface area contributed by atoms with E-state index in [-0.39, 0.29) is 0 Å². The third-order valence-corrected chi connectivity index (χ3v) is 3.69. The fourth-order valence-electron chi connectivity index (χ4n) is 2.50. The summed E-state index contributed by atoms with van der Waals surface area (Å²) in [4.78, 5) is 4.21. The van der Waals surface area contributed by atoms with Gasteiger partial charge in [-0.05, 0) is 43.7 Å². The minimum Gasteiger partial charge on any atom is -0.489 e. The highest BCUT2D eigenvalue weighted by Gasteiger charge is 2.04. The zero-order chi connectivity index (χ0) is 15.4. The largest absolute Gasteiger partial charge is 0.489 e. The molecule has 0 saturated heterocycles. The van der Waals surface area contributed by atoms with Gasteiger partial charge in [0.05, 0.1) is 18.2 Å². The topological polar surface area (TPSA) is 27.1 Å². The SMILES string of the molecule is CCn1cncc1-c1ccc(OCc2cccc(C)c2)cc1. The van der Waals surface area contributed by atoms with Crippen molar-refractivity contribution in [3.8, 4) is 17.0 Å². The van der Waals surface area contributed by atoms with Crippen LogP contribution in [0.1, 0.15) is 18.1 Å². The van der Waals surface area contributed by atoms with Gasteiger partial charge in [-0.1, -0.05) is 29.8 Å². The Balaban J connectivity index is 1.69. The van der Waals surface area contributed by atoms with Crippen molar-refractivity contribution in [1.82, 2.24) is 9.55 Å². The van der Waals surface area contributed by atoms with Gasteiger partial charge in [0, 0.05) is 12.1 Å². The van der Waals surface area contributed by atoms with E-state index in [1.807, 2.05) is 24.7 Å². The lowest BCUT2D eigenvalue weighted by Gasteiger charge is -2.09. The summed E-state index contributed by atoms with van der Waals surface area (Å²) in [6, 6.07) is 16.6. The molecule has 1 heterocycles. The van der Waals surface area contributed by atoms with E-state index in [0.717, 1.165) is 23.6 Å². The Morgan fingerprint density at radius 1 is 1.09 bits per heavy atom. The quantitative estimate of drug-likeness (QED) is 0.694. The van der Waals surface area contributed by atoms with E-state index >= 15 is 0 Å². The molecule has 0 aliphatic carbocycles. The van der Waals surface area contributed by atoms with Crippen LogP contribution >= 0.6 is 0 Å². The van der Waals surface area contributed by atoms with E-state index < -0.39 is 0 Å². The summed E-state index contributed by atoms with van der Waals surface area (Å²) >= 11 is 0. The van der Waals surface area contributed by atoms with Crippen LogP contribution in [0.15, 0.2) is 61.1 Å². The van der Waals surface area contributed by atoms with Crippen LogP contribution in [0.25, 0.3) is 11.3 Å². The summed E-state index contributed by atoms with van der Waals surface area (Å²) in [5.74, 6) is 0.882. The Morgan fingerprint density at radius 2 is 1.91 bits per heavy atom. The maximum Gasteiger partial charge on any atom is 0.119 e. The summed E-state index contributed by atoms with van der Waals surface area (Å²) in [6.07, 6.45) is 3.75. The van der Waals surface area contributed by atoms with Crippen LogP contribution in [0, 0.1) is 6.92 Å². The molecule has 3 nitrogen and oxygen atoms in total. The summed E-state index contributed by atoms with van der Waals surface area (Å²) in [5, 5.41) is 0. The Bertz CT molecular complexity index is 744. The van der Waals surface area contributed by atoms with E-state index in [9.17, 15) is 0 Å². The van der Waals surface area contributed by atoms with Crippen LogP contribution in [0.5, 0.6) is 5.75 Å². The number of aromatic nitrogens is 2. The smallest absolute Gasteiger partial charge is 0.119 e. The Hall–Kier alpha value is -2.55. The average Bonchev–Trinajstić information content (AvgIpc) is 3.02. The van der Waals surface area contributed by atoms with Crippen molar-refractivity contribution in [2.75, 3.05) is 0 Å². The number of nitrogens with zero attached hydrogens (tertiary/aromatic N) is 2. The molecule has 0 unspecified atom stereocenters. The molecule has 3 aromatic rings. The molecule has 2 aromatic carbocycles. The first-order valence-corrected chi connectivity index (χ1v) is 7.55. The average molecular weight is 292 g/mol. The second-order valence-corrected chi connectivity index (χ2v) is 5.37. The van der Waals surface area contributed by atoms with Gasteiger partial charge in [0.1, 0.15) is 12.4 Å². The molecule has 0 aliphatic heterocycles. The Morgan fingerprint density at radius 3 is 2.64 bits per heavy atom. The molecule has 0 amide bonds. The minimum atomic E-state index is 0.591.